The summed E-state index contributed by atoms with van der Waals surface area (Å²) in [5.74, 6) is 0.563. The van der Waals surface area contributed by atoms with Crippen LogP contribution in [0.1, 0.15) is 75.5 Å². The summed E-state index contributed by atoms with van der Waals surface area (Å²) in [7, 11) is 0. The second-order valence-corrected chi connectivity index (χ2v) is 9.04. The lowest BCUT2D eigenvalue weighted by Gasteiger charge is -2.30. The summed E-state index contributed by atoms with van der Waals surface area (Å²) >= 11 is 6.49. The maximum absolute atomic E-state index is 7.32. The van der Waals surface area contributed by atoms with Gasteiger partial charge < -0.3 is 4.90 Å². The average molecular weight is 439 g/mol. The van der Waals surface area contributed by atoms with Crippen molar-refractivity contribution in [3.05, 3.63) is 71.3 Å². The summed E-state index contributed by atoms with van der Waals surface area (Å²) in [5.41, 5.74) is 4.34. The van der Waals surface area contributed by atoms with E-state index in [4.69, 9.17) is 16.9 Å². The zero-order chi connectivity index (χ0) is 22.5. The van der Waals surface area contributed by atoms with Crippen LogP contribution in [0.4, 0.5) is 0 Å². The normalized spacial score (nSPS) is 18.8. The van der Waals surface area contributed by atoms with Gasteiger partial charge in [-0.15, -0.1) is 11.6 Å². The molecule has 1 saturated carbocycles. The van der Waals surface area contributed by atoms with Crippen LogP contribution in [0.5, 0.6) is 0 Å². The third-order valence-electron chi connectivity index (χ3n) is 6.53. The van der Waals surface area contributed by atoms with Gasteiger partial charge in [0.15, 0.2) is 0 Å². The number of halogens is 1. The summed E-state index contributed by atoms with van der Waals surface area (Å²) in [6, 6.07) is 22.6. The van der Waals surface area contributed by atoms with E-state index in [1.165, 1.54) is 55.7 Å². The van der Waals surface area contributed by atoms with E-state index in [2.05, 4.69) is 73.3 Å². The van der Waals surface area contributed by atoms with Crippen LogP contribution in [0, 0.1) is 11.3 Å². The highest BCUT2D eigenvalue weighted by atomic mass is 35.5. The summed E-state index contributed by atoms with van der Waals surface area (Å²) < 4.78 is 0. The Hall–Kier alpha value is -1.82. The number of likely N-dealkylation sites (N-methyl/N-ethyl adjacent to an activating group) is 1. The van der Waals surface area contributed by atoms with E-state index in [1.54, 1.807) is 6.07 Å². The van der Waals surface area contributed by atoms with Gasteiger partial charge in [-0.3, -0.25) is 0 Å². The van der Waals surface area contributed by atoms with Crippen LogP contribution < -0.4 is 0 Å². The first-order chi connectivity index (χ1) is 15.1. The summed E-state index contributed by atoms with van der Waals surface area (Å²) in [4.78, 5) is 2.66. The maximum Gasteiger partial charge on any atom is 0.0587 e. The number of nitriles is 1. The van der Waals surface area contributed by atoms with Gasteiger partial charge in [0.2, 0.25) is 0 Å². The Labute approximate surface area is 195 Å². The fraction of sp³-hybridized carbons (Fsp3) is 0.536. The molecule has 2 nitrogen and oxygen atoms in total. The average Bonchev–Trinajstić information content (AvgIpc) is 3.23. The summed E-state index contributed by atoms with van der Waals surface area (Å²) in [5, 5.41) is 7.65. The highest BCUT2D eigenvalue weighted by Gasteiger charge is 2.26. The molecule has 0 heterocycles. The first-order valence-corrected chi connectivity index (χ1v) is 12.4. The minimum Gasteiger partial charge on any atom is -0.300 e. The topological polar surface area (TPSA) is 27.0 Å². The monoisotopic (exact) mass is 438 g/mol. The predicted octanol–water partition coefficient (Wildman–Crippen LogP) is 7.37. The summed E-state index contributed by atoms with van der Waals surface area (Å²) in [6.07, 6.45) is 8.45. The highest BCUT2D eigenvalue weighted by molar-refractivity contribution is 6.21. The van der Waals surface area contributed by atoms with E-state index < -0.39 is 0 Å². The van der Waals surface area contributed by atoms with Crippen molar-refractivity contribution >= 4 is 11.6 Å². The minimum atomic E-state index is 0.332. The fourth-order valence-electron chi connectivity index (χ4n) is 4.72. The molecule has 0 amide bonds. The van der Waals surface area contributed by atoms with Gasteiger partial charge in [-0.1, -0.05) is 74.9 Å². The molecule has 2 aromatic carbocycles. The molecule has 3 rings (SSSR count). The number of aryl methyl sites for hydroxylation is 1. The molecule has 0 aromatic heterocycles. The van der Waals surface area contributed by atoms with Crippen LogP contribution in [0.15, 0.2) is 54.6 Å². The Morgan fingerprint density at radius 1 is 1.00 bits per heavy atom. The lowest BCUT2D eigenvalue weighted by atomic mass is 9.94. The Bertz CT molecular complexity index is 766. The van der Waals surface area contributed by atoms with Gasteiger partial charge in [0.1, 0.15) is 0 Å². The van der Waals surface area contributed by atoms with Crippen LogP contribution in [-0.2, 0) is 12.8 Å². The van der Waals surface area contributed by atoms with Crippen LogP contribution >= 0.6 is 11.6 Å². The number of rotatable bonds is 10. The lowest BCUT2D eigenvalue weighted by Crippen LogP contribution is -2.36. The van der Waals surface area contributed by atoms with Gasteiger partial charge in [-0.25, -0.2) is 0 Å². The zero-order valence-corrected chi connectivity index (χ0v) is 20.3. The van der Waals surface area contributed by atoms with Crippen molar-refractivity contribution in [1.29, 1.82) is 5.26 Å². The second kappa shape index (κ2) is 14.3. The molecule has 168 valence electrons. The molecule has 0 bridgehead atoms. The molecule has 1 aliphatic rings. The van der Waals surface area contributed by atoms with Crippen molar-refractivity contribution in [2.45, 2.75) is 83.1 Å². The van der Waals surface area contributed by atoms with Gasteiger partial charge in [0, 0.05) is 30.8 Å². The van der Waals surface area contributed by atoms with Gasteiger partial charge in [0.25, 0.3) is 0 Å². The van der Waals surface area contributed by atoms with Crippen LogP contribution in [0.3, 0.4) is 0 Å². The highest BCUT2D eigenvalue weighted by Crippen LogP contribution is 2.38. The number of nitrogens with zero attached hydrogens (tertiary/aromatic N) is 2. The van der Waals surface area contributed by atoms with Crippen molar-refractivity contribution in [3.8, 4) is 6.07 Å². The molecule has 0 radical (unpaired) electrons. The Morgan fingerprint density at radius 3 is 2.19 bits per heavy atom. The molecule has 3 atom stereocenters. The largest absolute Gasteiger partial charge is 0.300 e. The van der Waals surface area contributed by atoms with Gasteiger partial charge >= 0.3 is 0 Å². The van der Waals surface area contributed by atoms with Crippen LogP contribution in [0.2, 0.25) is 0 Å². The molecule has 2 aromatic rings. The second-order valence-electron chi connectivity index (χ2n) is 8.48. The van der Waals surface area contributed by atoms with E-state index in [0.29, 0.717) is 17.3 Å². The number of alkyl halides is 1. The third-order valence-corrected chi connectivity index (χ3v) is 7.05. The van der Waals surface area contributed by atoms with Gasteiger partial charge in [-0.05, 0) is 61.8 Å². The zero-order valence-electron chi connectivity index (χ0n) is 19.6. The minimum absolute atomic E-state index is 0.332. The van der Waals surface area contributed by atoms with Crippen molar-refractivity contribution < 1.29 is 0 Å². The molecule has 3 unspecified atom stereocenters. The Balaban J connectivity index is 0.00000107. The standard InChI is InChI=1S/C26H36ClN.C2H3N/c1-3-24(28(4-2)20-19-21-9-6-5-7-10-21)18-15-22-13-16-23(17-14-22)25-11-8-12-26(25)27;1-2-3/h5-7,9-10,13-14,16-17,24-26H,3-4,8,11-12,15,18-20H2,1-2H3;1H3. The molecular weight excluding hydrogens is 400 g/mol. The number of hydrogen-bond donors (Lipinski definition) is 0. The van der Waals surface area contributed by atoms with E-state index in [1.807, 2.05) is 0 Å². The van der Waals surface area contributed by atoms with Crippen LogP contribution in [-0.4, -0.2) is 29.4 Å². The number of benzene rings is 2. The van der Waals surface area contributed by atoms with Crippen molar-refractivity contribution in [2.24, 2.45) is 0 Å². The van der Waals surface area contributed by atoms with E-state index in [0.717, 1.165) is 25.9 Å². The molecule has 1 aliphatic carbocycles. The molecule has 1 fully saturated rings. The molecule has 0 N–H and O–H groups in total. The SMILES string of the molecule is CC#N.CCC(CCc1ccc(C2CCCC2Cl)cc1)N(CC)CCc1ccccc1. The van der Waals surface area contributed by atoms with E-state index >= 15 is 0 Å². The molecule has 3 heteroatoms. The smallest absolute Gasteiger partial charge is 0.0587 e. The fourth-order valence-corrected chi connectivity index (χ4v) is 5.14. The first kappa shape index (κ1) is 25.4. The van der Waals surface area contributed by atoms with E-state index in [9.17, 15) is 0 Å². The number of hydrogen-bond acceptors (Lipinski definition) is 2. The van der Waals surface area contributed by atoms with Gasteiger partial charge in [0.05, 0.1) is 6.07 Å². The molecule has 31 heavy (non-hydrogen) atoms. The molecular formula is C28H39ClN2. The van der Waals surface area contributed by atoms with E-state index in [-0.39, 0.29) is 0 Å². The Morgan fingerprint density at radius 2 is 1.65 bits per heavy atom. The van der Waals surface area contributed by atoms with Crippen molar-refractivity contribution in [3.63, 3.8) is 0 Å². The predicted molar refractivity (Wildman–Crippen MR) is 134 cm³/mol. The van der Waals surface area contributed by atoms with Crippen LogP contribution in [0.25, 0.3) is 0 Å². The Kier molecular flexibility index (Phi) is 11.7. The van der Waals surface area contributed by atoms with Gasteiger partial charge in [-0.2, -0.15) is 5.26 Å². The lowest BCUT2D eigenvalue weighted by molar-refractivity contribution is 0.193. The molecule has 0 spiro atoms. The maximum atomic E-state index is 7.32. The summed E-state index contributed by atoms with van der Waals surface area (Å²) in [6.45, 7) is 8.34. The third kappa shape index (κ3) is 8.32. The quantitative estimate of drug-likeness (QED) is 0.362. The first-order valence-electron chi connectivity index (χ1n) is 11.9. The van der Waals surface area contributed by atoms with Crippen molar-refractivity contribution in [1.82, 2.24) is 4.90 Å². The molecule has 0 aliphatic heterocycles. The van der Waals surface area contributed by atoms with Crippen molar-refractivity contribution in [2.75, 3.05) is 13.1 Å². The molecule has 0 saturated heterocycles.